The summed E-state index contributed by atoms with van der Waals surface area (Å²) in [6.45, 7) is 3.57. The summed E-state index contributed by atoms with van der Waals surface area (Å²) in [4.78, 5) is 42.6. The second-order valence-electron chi connectivity index (χ2n) is 6.53. The van der Waals surface area contributed by atoms with Crippen molar-refractivity contribution in [3.05, 3.63) is 74.7 Å². The Hall–Kier alpha value is -3.17. The van der Waals surface area contributed by atoms with E-state index in [1.807, 2.05) is 30.3 Å². The van der Waals surface area contributed by atoms with Gasteiger partial charge in [-0.05, 0) is 5.56 Å². The van der Waals surface area contributed by atoms with Crippen LogP contribution in [0.1, 0.15) is 5.56 Å². The topological polar surface area (TPSA) is 97.3 Å². The number of aromatic nitrogens is 4. The van der Waals surface area contributed by atoms with Gasteiger partial charge in [0.1, 0.15) is 13.2 Å². The van der Waals surface area contributed by atoms with Gasteiger partial charge >= 0.3 is 11.7 Å². The third-order valence-corrected chi connectivity index (χ3v) is 4.49. The van der Waals surface area contributed by atoms with E-state index < -0.39 is 23.8 Å². The Kier molecular flexibility index (Phi) is 6.86. The van der Waals surface area contributed by atoms with Crippen LogP contribution >= 0.6 is 11.6 Å². The minimum atomic E-state index is -0.774. The minimum absolute atomic E-state index is 0.130. The summed E-state index contributed by atoms with van der Waals surface area (Å²) < 4.78 is 13.8. The Morgan fingerprint density at radius 3 is 2.60 bits per heavy atom. The Morgan fingerprint density at radius 1 is 1.20 bits per heavy atom. The van der Waals surface area contributed by atoms with Crippen LogP contribution in [0.2, 0.25) is 0 Å². The molecule has 0 radical (unpaired) electrons. The van der Waals surface area contributed by atoms with Crippen LogP contribution in [-0.2, 0) is 33.9 Å². The van der Waals surface area contributed by atoms with Crippen molar-refractivity contribution in [3.8, 4) is 0 Å². The summed E-state index contributed by atoms with van der Waals surface area (Å²) in [7, 11) is 1.55. The molecule has 9 nitrogen and oxygen atoms in total. The van der Waals surface area contributed by atoms with Crippen molar-refractivity contribution in [2.75, 3.05) is 20.3 Å². The second-order valence-corrected chi connectivity index (χ2v) is 7.06. The summed E-state index contributed by atoms with van der Waals surface area (Å²) in [5, 5.41) is 0.130. The first-order valence-corrected chi connectivity index (χ1v) is 9.50. The van der Waals surface area contributed by atoms with E-state index in [-0.39, 0.29) is 29.3 Å². The summed E-state index contributed by atoms with van der Waals surface area (Å²) >= 11 is 5.61. The van der Waals surface area contributed by atoms with Gasteiger partial charge in [-0.3, -0.25) is 14.2 Å². The second kappa shape index (κ2) is 9.55. The van der Waals surface area contributed by atoms with Crippen LogP contribution in [0.15, 0.2) is 57.9 Å². The van der Waals surface area contributed by atoms with Crippen LogP contribution in [0.5, 0.6) is 0 Å². The van der Waals surface area contributed by atoms with Gasteiger partial charge in [-0.25, -0.2) is 14.3 Å². The van der Waals surface area contributed by atoms with Gasteiger partial charge in [0.25, 0.3) is 5.56 Å². The smallest absolute Gasteiger partial charge is 0.333 e. The molecule has 0 fully saturated rings. The van der Waals surface area contributed by atoms with Gasteiger partial charge in [0.05, 0.1) is 19.5 Å². The molecule has 0 aliphatic carbocycles. The van der Waals surface area contributed by atoms with E-state index in [0.717, 1.165) is 10.1 Å². The van der Waals surface area contributed by atoms with Crippen LogP contribution in [0.3, 0.4) is 0 Å². The first-order valence-electron chi connectivity index (χ1n) is 9.12. The fourth-order valence-electron chi connectivity index (χ4n) is 2.98. The fourth-order valence-corrected chi connectivity index (χ4v) is 3.03. The number of fused-ring (bicyclic) bond motifs is 1. The number of benzene rings is 1. The normalized spacial score (nSPS) is 11.0. The molecule has 3 rings (SSSR count). The van der Waals surface area contributed by atoms with E-state index >= 15 is 0 Å². The van der Waals surface area contributed by atoms with E-state index in [1.54, 1.807) is 11.7 Å². The number of esters is 1. The molecule has 30 heavy (non-hydrogen) atoms. The predicted molar refractivity (Wildman–Crippen MR) is 112 cm³/mol. The maximum absolute atomic E-state index is 13.1. The number of hydrogen-bond donors (Lipinski definition) is 0. The number of methoxy groups -OCH3 is 1. The number of carbonyl (C=O) groups excluding carboxylic acids is 1. The first kappa shape index (κ1) is 21.5. The molecule has 0 bridgehead atoms. The predicted octanol–water partition coefficient (Wildman–Crippen LogP) is 1.35. The molecule has 0 amide bonds. The lowest BCUT2D eigenvalue weighted by molar-refractivity contribution is -0.143. The highest BCUT2D eigenvalue weighted by atomic mass is 35.5. The van der Waals surface area contributed by atoms with Crippen molar-refractivity contribution in [2.45, 2.75) is 19.6 Å². The summed E-state index contributed by atoms with van der Waals surface area (Å²) in [6.07, 6.45) is 1.48. The third kappa shape index (κ3) is 4.69. The molecule has 0 unspecified atom stereocenters. The number of halogens is 1. The zero-order chi connectivity index (χ0) is 21.7. The summed E-state index contributed by atoms with van der Waals surface area (Å²) in [5.41, 5.74) is 0.00367. The van der Waals surface area contributed by atoms with Gasteiger partial charge in [0.2, 0.25) is 0 Å². The van der Waals surface area contributed by atoms with Crippen molar-refractivity contribution in [1.29, 1.82) is 0 Å². The molecule has 0 aliphatic heterocycles. The maximum atomic E-state index is 13.1. The number of hydrogen-bond acceptors (Lipinski definition) is 6. The zero-order valence-corrected chi connectivity index (χ0v) is 17.2. The zero-order valence-electron chi connectivity index (χ0n) is 16.4. The molecule has 0 atom stereocenters. The van der Waals surface area contributed by atoms with Crippen molar-refractivity contribution in [2.24, 2.45) is 0 Å². The molecule has 0 saturated heterocycles. The lowest BCUT2D eigenvalue weighted by atomic mass is 10.2. The van der Waals surface area contributed by atoms with E-state index in [9.17, 15) is 14.4 Å². The summed E-state index contributed by atoms with van der Waals surface area (Å²) in [5.74, 6) is -0.774. The molecule has 158 valence electrons. The Bertz CT molecular complexity index is 1180. The van der Waals surface area contributed by atoms with Crippen molar-refractivity contribution < 1.29 is 14.3 Å². The van der Waals surface area contributed by atoms with Crippen LogP contribution in [0, 0.1) is 0 Å². The summed E-state index contributed by atoms with van der Waals surface area (Å²) in [6, 6.07) is 9.28. The minimum Gasteiger partial charge on any atom is -0.459 e. The monoisotopic (exact) mass is 432 g/mol. The molecule has 0 spiro atoms. The van der Waals surface area contributed by atoms with Gasteiger partial charge in [-0.15, -0.1) is 0 Å². The highest BCUT2D eigenvalue weighted by molar-refractivity contribution is 6.29. The lowest BCUT2D eigenvalue weighted by Crippen LogP contribution is -2.42. The van der Waals surface area contributed by atoms with Crippen molar-refractivity contribution in [3.63, 3.8) is 0 Å². The largest absolute Gasteiger partial charge is 0.459 e. The van der Waals surface area contributed by atoms with E-state index in [2.05, 4.69) is 11.6 Å². The van der Waals surface area contributed by atoms with Gasteiger partial charge in [0.15, 0.2) is 11.2 Å². The maximum Gasteiger partial charge on any atom is 0.333 e. The molecular weight excluding hydrogens is 412 g/mol. The standard InChI is InChI=1S/C20H21ClN4O5/c1-14(21)12-30-16(26)11-25-19(27)17-18(22-13-23(17)8-9-29-2)24(20(25)28)10-15-6-4-3-5-7-15/h3-7,13H,1,8-12H2,2H3. The SMILES string of the molecule is C=C(Cl)COC(=O)Cn1c(=O)c2c(ncn2CCOC)n(Cc2ccccc2)c1=O. The molecule has 3 aromatic rings. The van der Waals surface area contributed by atoms with Crippen LogP contribution in [0.4, 0.5) is 0 Å². The Labute approximate surface area is 176 Å². The van der Waals surface area contributed by atoms with Gasteiger partial charge < -0.3 is 14.0 Å². The van der Waals surface area contributed by atoms with E-state index in [1.165, 1.54) is 10.9 Å². The Morgan fingerprint density at radius 2 is 1.93 bits per heavy atom. The average Bonchev–Trinajstić information content (AvgIpc) is 3.16. The Balaban J connectivity index is 2.12. The van der Waals surface area contributed by atoms with Crippen LogP contribution < -0.4 is 11.2 Å². The van der Waals surface area contributed by atoms with Crippen LogP contribution in [-0.4, -0.2) is 45.0 Å². The molecule has 10 heteroatoms. The number of imidazole rings is 1. The lowest BCUT2D eigenvalue weighted by Gasteiger charge is -2.12. The first-order chi connectivity index (χ1) is 14.4. The van der Waals surface area contributed by atoms with E-state index in [0.29, 0.717) is 13.2 Å². The molecule has 0 aliphatic rings. The number of nitrogens with zero attached hydrogens (tertiary/aromatic N) is 4. The number of carbonyl (C=O) groups is 1. The average molecular weight is 433 g/mol. The van der Waals surface area contributed by atoms with Crippen molar-refractivity contribution in [1.82, 2.24) is 18.7 Å². The highest BCUT2D eigenvalue weighted by Gasteiger charge is 2.20. The van der Waals surface area contributed by atoms with Crippen LogP contribution in [0.25, 0.3) is 11.2 Å². The van der Waals surface area contributed by atoms with E-state index in [4.69, 9.17) is 21.1 Å². The number of ether oxygens (including phenoxy) is 2. The fraction of sp³-hybridized carbons (Fsp3) is 0.300. The van der Waals surface area contributed by atoms with Gasteiger partial charge in [-0.1, -0.05) is 48.5 Å². The van der Waals surface area contributed by atoms with Crippen molar-refractivity contribution >= 4 is 28.7 Å². The molecule has 0 N–H and O–H groups in total. The highest BCUT2D eigenvalue weighted by Crippen LogP contribution is 2.10. The molecule has 2 heterocycles. The molecule has 1 aromatic carbocycles. The molecule has 0 saturated carbocycles. The number of rotatable bonds is 9. The third-order valence-electron chi connectivity index (χ3n) is 4.38. The molecular formula is C20H21ClN4O5. The van der Waals surface area contributed by atoms with Gasteiger partial charge in [0, 0.05) is 18.7 Å². The quantitative estimate of drug-likeness (QED) is 0.473. The molecule has 2 aromatic heterocycles. The van der Waals surface area contributed by atoms with Gasteiger partial charge in [-0.2, -0.15) is 0 Å².